The monoisotopic (exact) mass is 248 g/mol. The minimum absolute atomic E-state index is 0.143. The van der Waals surface area contributed by atoms with Crippen LogP contribution >= 0.6 is 0 Å². The molecular weight excluding hydrogens is 231 g/mol. The maximum Gasteiger partial charge on any atom is 0.330 e. The fourth-order valence-corrected chi connectivity index (χ4v) is 2.41. The second kappa shape index (κ2) is 5.34. The Labute approximate surface area is 106 Å². The molecule has 18 heavy (non-hydrogen) atoms. The molecule has 2 nitrogen and oxygen atoms in total. The number of allylic oxidation sites excluding steroid dienone is 1. The van der Waals surface area contributed by atoms with Gasteiger partial charge in [0, 0.05) is 6.08 Å². The zero-order valence-electron chi connectivity index (χ0n) is 10.7. The SMILES string of the molecule is CCOC(=O)C=C1CC(c2c(C)cccc2F)C1. The summed E-state index contributed by atoms with van der Waals surface area (Å²) in [5, 5.41) is 0. The van der Waals surface area contributed by atoms with Gasteiger partial charge in [-0.05, 0) is 49.8 Å². The van der Waals surface area contributed by atoms with E-state index in [2.05, 4.69) is 0 Å². The van der Waals surface area contributed by atoms with Crippen molar-refractivity contribution in [3.8, 4) is 0 Å². The molecule has 0 amide bonds. The molecule has 1 saturated carbocycles. The highest BCUT2D eigenvalue weighted by molar-refractivity contribution is 5.83. The van der Waals surface area contributed by atoms with Crippen LogP contribution in [0.4, 0.5) is 4.39 Å². The van der Waals surface area contributed by atoms with Crippen molar-refractivity contribution in [3.05, 3.63) is 46.8 Å². The van der Waals surface area contributed by atoms with Gasteiger partial charge in [-0.1, -0.05) is 17.7 Å². The van der Waals surface area contributed by atoms with Crippen molar-refractivity contribution >= 4 is 5.97 Å². The summed E-state index contributed by atoms with van der Waals surface area (Å²) in [5.41, 5.74) is 2.81. The molecule has 96 valence electrons. The van der Waals surface area contributed by atoms with Crippen molar-refractivity contribution in [2.24, 2.45) is 0 Å². The number of carbonyl (C=O) groups excluding carboxylic acids is 1. The lowest BCUT2D eigenvalue weighted by Crippen LogP contribution is -2.17. The van der Waals surface area contributed by atoms with Gasteiger partial charge in [0.15, 0.2) is 0 Å². The van der Waals surface area contributed by atoms with Crippen LogP contribution in [0.2, 0.25) is 0 Å². The Bertz CT molecular complexity index is 463. The number of ether oxygens (including phenoxy) is 1. The van der Waals surface area contributed by atoms with Gasteiger partial charge in [0.05, 0.1) is 6.61 Å². The van der Waals surface area contributed by atoms with E-state index in [1.807, 2.05) is 13.0 Å². The zero-order chi connectivity index (χ0) is 13.1. The molecule has 1 aromatic rings. The number of rotatable bonds is 3. The third-order valence-corrected chi connectivity index (χ3v) is 3.30. The number of benzene rings is 1. The molecule has 0 atom stereocenters. The molecule has 0 spiro atoms. The van der Waals surface area contributed by atoms with E-state index in [0.717, 1.165) is 29.5 Å². The van der Waals surface area contributed by atoms with Crippen molar-refractivity contribution < 1.29 is 13.9 Å². The minimum Gasteiger partial charge on any atom is -0.463 e. The summed E-state index contributed by atoms with van der Waals surface area (Å²) in [4.78, 5) is 11.3. The first-order valence-corrected chi connectivity index (χ1v) is 6.23. The zero-order valence-corrected chi connectivity index (χ0v) is 10.7. The van der Waals surface area contributed by atoms with E-state index in [9.17, 15) is 9.18 Å². The first kappa shape index (κ1) is 12.8. The summed E-state index contributed by atoms with van der Waals surface area (Å²) in [7, 11) is 0. The molecule has 0 radical (unpaired) electrons. The van der Waals surface area contributed by atoms with Crippen molar-refractivity contribution in [2.45, 2.75) is 32.6 Å². The van der Waals surface area contributed by atoms with Gasteiger partial charge in [-0.2, -0.15) is 0 Å². The Kier molecular flexibility index (Phi) is 3.80. The lowest BCUT2D eigenvalue weighted by atomic mass is 9.74. The third kappa shape index (κ3) is 2.61. The molecule has 1 aliphatic rings. The van der Waals surface area contributed by atoms with Crippen LogP contribution in [-0.4, -0.2) is 12.6 Å². The predicted octanol–water partition coefficient (Wildman–Crippen LogP) is 3.50. The molecule has 0 N–H and O–H groups in total. The molecule has 0 unspecified atom stereocenters. The van der Waals surface area contributed by atoms with Crippen LogP contribution in [0.1, 0.15) is 36.8 Å². The molecule has 0 aromatic heterocycles. The van der Waals surface area contributed by atoms with Crippen molar-refractivity contribution in [2.75, 3.05) is 6.61 Å². The first-order valence-electron chi connectivity index (χ1n) is 6.23. The second-order valence-corrected chi connectivity index (χ2v) is 4.63. The van der Waals surface area contributed by atoms with Crippen LogP contribution < -0.4 is 0 Å². The average Bonchev–Trinajstić information content (AvgIpc) is 2.25. The second-order valence-electron chi connectivity index (χ2n) is 4.63. The van der Waals surface area contributed by atoms with E-state index in [0.29, 0.717) is 6.61 Å². The van der Waals surface area contributed by atoms with E-state index in [4.69, 9.17) is 4.74 Å². The number of halogens is 1. The molecule has 0 bridgehead atoms. The Morgan fingerprint density at radius 1 is 1.50 bits per heavy atom. The summed E-state index contributed by atoms with van der Waals surface area (Å²) in [6.45, 7) is 4.09. The van der Waals surface area contributed by atoms with E-state index < -0.39 is 0 Å². The van der Waals surface area contributed by atoms with Gasteiger partial charge in [0.1, 0.15) is 5.82 Å². The first-order chi connectivity index (χ1) is 8.61. The van der Waals surface area contributed by atoms with Crippen molar-refractivity contribution in [3.63, 3.8) is 0 Å². The third-order valence-electron chi connectivity index (χ3n) is 3.30. The molecule has 0 heterocycles. The van der Waals surface area contributed by atoms with Crippen LogP contribution in [0.5, 0.6) is 0 Å². The maximum atomic E-state index is 13.7. The number of hydrogen-bond donors (Lipinski definition) is 0. The lowest BCUT2D eigenvalue weighted by Gasteiger charge is -2.30. The van der Waals surface area contributed by atoms with Gasteiger partial charge in [-0.15, -0.1) is 0 Å². The Balaban J connectivity index is 2.03. The quantitative estimate of drug-likeness (QED) is 0.604. The number of carbonyl (C=O) groups is 1. The maximum absolute atomic E-state index is 13.7. The molecule has 0 saturated heterocycles. The average molecular weight is 248 g/mol. The summed E-state index contributed by atoms with van der Waals surface area (Å²) >= 11 is 0. The molecule has 1 fully saturated rings. The normalized spacial score (nSPS) is 18.2. The molecule has 1 aliphatic carbocycles. The van der Waals surface area contributed by atoms with Gasteiger partial charge in [-0.3, -0.25) is 0 Å². The van der Waals surface area contributed by atoms with Crippen molar-refractivity contribution in [1.82, 2.24) is 0 Å². The van der Waals surface area contributed by atoms with Crippen LogP contribution in [0.3, 0.4) is 0 Å². The number of esters is 1. The molecular formula is C15H17FO2. The Hall–Kier alpha value is -1.64. The Morgan fingerprint density at radius 3 is 2.83 bits per heavy atom. The van der Waals surface area contributed by atoms with E-state index in [-0.39, 0.29) is 17.7 Å². The van der Waals surface area contributed by atoms with Gasteiger partial charge in [-0.25, -0.2) is 9.18 Å². The Morgan fingerprint density at radius 2 is 2.22 bits per heavy atom. The number of aryl methyl sites for hydroxylation is 1. The van der Waals surface area contributed by atoms with Crippen LogP contribution in [-0.2, 0) is 9.53 Å². The van der Waals surface area contributed by atoms with E-state index in [1.165, 1.54) is 12.1 Å². The summed E-state index contributed by atoms with van der Waals surface area (Å²) in [6.07, 6.45) is 3.04. The predicted molar refractivity (Wildman–Crippen MR) is 67.8 cm³/mol. The fraction of sp³-hybridized carbons (Fsp3) is 0.400. The molecule has 2 rings (SSSR count). The largest absolute Gasteiger partial charge is 0.463 e. The molecule has 1 aromatic carbocycles. The van der Waals surface area contributed by atoms with E-state index in [1.54, 1.807) is 13.0 Å². The minimum atomic E-state index is -0.295. The lowest BCUT2D eigenvalue weighted by molar-refractivity contribution is -0.137. The topological polar surface area (TPSA) is 26.3 Å². The summed E-state index contributed by atoms with van der Waals surface area (Å²) < 4.78 is 18.6. The van der Waals surface area contributed by atoms with Crippen LogP contribution in [0, 0.1) is 12.7 Å². The highest BCUT2D eigenvalue weighted by Crippen LogP contribution is 2.43. The van der Waals surface area contributed by atoms with Gasteiger partial charge in [0.2, 0.25) is 0 Å². The van der Waals surface area contributed by atoms with Gasteiger partial charge < -0.3 is 4.74 Å². The molecule has 3 heteroatoms. The highest BCUT2D eigenvalue weighted by Gasteiger charge is 2.28. The van der Waals surface area contributed by atoms with Gasteiger partial charge in [0.25, 0.3) is 0 Å². The summed E-state index contributed by atoms with van der Waals surface area (Å²) in [6, 6.07) is 5.14. The fourth-order valence-electron chi connectivity index (χ4n) is 2.41. The smallest absolute Gasteiger partial charge is 0.330 e. The van der Waals surface area contributed by atoms with Crippen LogP contribution in [0.15, 0.2) is 29.8 Å². The highest BCUT2D eigenvalue weighted by atomic mass is 19.1. The van der Waals surface area contributed by atoms with Crippen LogP contribution in [0.25, 0.3) is 0 Å². The van der Waals surface area contributed by atoms with E-state index >= 15 is 0 Å². The molecule has 0 aliphatic heterocycles. The summed E-state index contributed by atoms with van der Waals surface area (Å²) in [5.74, 6) is -0.238. The standard InChI is InChI=1S/C15H17FO2/c1-3-18-14(17)9-11-7-12(8-11)15-10(2)5-4-6-13(15)16/h4-6,9,12H,3,7-8H2,1-2H3. The van der Waals surface area contributed by atoms with Crippen molar-refractivity contribution in [1.29, 1.82) is 0 Å². The van der Waals surface area contributed by atoms with Gasteiger partial charge >= 0.3 is 5.97 Å². The number of hydrogen-bond acceptors (Lipinski definition) is 2.